The second-order valence-corrected chi connectivity index (χ2v) is 7.96. The zero-order valence-corrected chi connectivity index (χ0v) is 17.6. The Balaban J connectivity index is 2.02. The molecule has 0 saturated heterocycles. The molecule has 0 aliphatic carbocycles. The summed E-state index contributed by atoms with van der Waals surface area (Å²) in [5.74, 6) is 0.256. The van der Waals surface area contributed by atoms with Gasteiger partial charge in [-0.1, -0.05) is 40.2 Å². The zero-order valence-electron chi connectivity index (χ0n) is 15.2. The lowest BCUT2D eigenvalue weighted by atomic mass is 10.1. The van der Waals surface area contributed by atoms with Crippen LogP contribution >= 0.6 is 27.7 Å². The Morgan fingerprint density at radius 2 is 1.70 bits per heavy atom. The van der Waals surface area contributed by atoms with Crippen molar-refractivity contribution in [2.45, 2.75) is 25.3 Å². The minimum atomic E-state index is -0.572. The van der Waals surface area contributed by atoms with E-state index in [1.165, 1.54) is 23.9 Å². The molecule has 4 nitrogen and oxygen atoms in total. The molecule has 0 spiro atoms. The van der Waals surface area contributed by atoms with E-state index in [1.807, 2.05) is 24.3 Å². The van der Waals surface area contributed by atoms with E-state index in [0.29, 0.717) is 12.3 Å². The third-order valence-electron chi connectivity index (χ3n) is 4.09. The summed E-state index contributed by atoms with van der Waals surface area (Å²) in [5.41, 5.74) is 1.90. The number of nitrogens with zero attached hydrogens (tertiary/aromatic N) is 1. The molecule has 0 radical (unpaired) electrons. The third kappa shape index (κ3) is 6.66. The standard InChI is InChI=1S/C20H22BrFN2O2S/c1-14(20(26)23-2)24(11-15-3-7-17(21)8-4-15)19(25)13-27-12-16-5-9-18(22)10-6-16/h3-10,14H,11-13H2,1-2H3,(H,23,26)/t14-/m0/s1. The topological polar surface area (TPSA) is 49.4 Å². The van der Waals surface area contributed by atoms with Crippen LogP contribution in [-0.2, 0) is 21.9 Å². The SMILES string of the molecule is CNC(=O)[C@H](C)N(Cc1ccc(Br)cc1)C(=O)CSCc1ccc(F)cc1. The van der Waals surface area contributed by atoms with Gasteiger partial charge in [-0.25, -0.2) is 4.39 Å². The molecule has 0 unspecified atom stereocenters. The minimum absolute atomic E-state index is 0.110. The van der Waals surface area contributed by atoms with Crippen LogP contribution in [0.3, 0.4) is 0 Å². The summed E-state index contributed by atoms with van der Waals surface area (Å²) in [6, 6.07) is 13.3. The van der Waals surface area contributed by atoms with Gasteiger partial charge in [0.2, 0.25) is 11.8 Å². The van der Waals surface area contributed by atoms with E-state index in [2.05, 4.69) is 21.2 Å². The lowest BCUT2D eigenvalue weighted by molar-refractivity contribution is -0.138. The number of carbonyl (C=O) groups excluding carboxylic acids is 2. The first kappa shape index (κ1) is 21.4. The van der Waals surface area contributed by atoms with Crippen molar-refractivity contribution in [2.24, 2.45) is 0 Å². The van der Waals surface area contributed by atoms with E-state index in [1.54, 1.807) is 31.0 Å². The van der Waals surface area contributed by atoms with Crippen molar-refractivity contribution in [2.75, 3.05) is 12.8 Å². The number of likely N-dealkylation sites (N-methyl/N-ethyl adjacent to an activating group) is 1. The monoisotopic (exact) mass is 452 g/mol. The fourth-order valence-electron chi connectivity index (χ4n) is 2.50. The highest BCUT2D eigenvalue weighted by molar-refractivity contribution is 9.10. The van der Waals surface area contributed by atoms with E-state index in [9.17, 15) is 14.0 Å². The van der Waals surface area contributed by atoms with Gasteiger partial charge >= 0.3 is 0 Å². The number of amides is 2. The van der Waals surface area contributed by atoms with Gasteiger partial charge in [0.1, 0.15) is 11.9 Å². The Hall–Kier alpha value is -1.86. The molecule has 27 heavy (non-hydrogen) atoms. The maximum absolute atomic E-state index is 13.0. The van der Waals surface area contributed by atoms with Gasteiger partial charge in [-0.05, 0) is 42.3 Å². The summed E-state index contributed by atoms with van der Waals surface area (Å²) in [7, 11) is 1.56. The normalized spacial score (nSPS) is 11.7. The average Bonchev–Trinajstić information content (AvgIpc) is 2.67. The number of carbonyl (C=O) groups is 2. The summed E-state index contributed by atoms with van der Waals surface area (Å²) in [6.45, 7) is 2.08. The van der Waals surface area contributed by atoms with Crippen LogP contribution in [0.25, 0.3) is 0 Å². The van der Waals surface area contributed by atoms with Crippen molar-refractivity contribution in [3.63, 3.8) is 0 Å². The van der Waals surface area contributed by atoms with Crippen LogP contribution in [-0.4, -0.2) is 35.6 Å². The molecular weight excluding hydrogens is 431 g/mol. The van der Waals surface area contributed by atoms with Crippen molar-refractivity contribution < 1.29 is 14.0 Å². The Labute approximate surface area is 171 Å². The highest BCUT2D eigenvalue weighted by Crippen LogP contribution is 2.17. The Morgan fingerprint density at radius 3 is 2.30 bits per heavy atom. The number of halogens is 2. The maximum Gasteiger partial charge on any atom is 0.242 e. The predicted octanol–water partition coefficient (Wildman–Crippen LogP) is 3.98. The van der Waals surface area contributed by atoms with E-state index >= 15 is 0 Å². The average molecular weight is 453 g/mol. The molecule has 0 aliphatic rings. The van der Waals surface area contributed by atoms with Gasteiger partial charge in [-0.3, -0.25) is 9.59 Å². The van der Waals surface area contributed by atoms with E-state index < -0.39 is 6.04 Å². The predicted molar refractivity (Wildman–Crippen MR) is 111 cm³/mol. The van der Waals surface area contributed by atoms with Crippen molar-refractivity contribution >= 4 is 39.5 Å². The fourth-order valence-corrected chi connectivity index (χ4v) is 3.63. The van der Waals surface area contributed by atoms with Gasteiger partial charge in [-0.2, -0.15) is 0 Å². The summed E-state index contributed by atoms with van der Waals surface area (Å²) >= 11 is 4.84. The second-order valence-electron chi connectivity index (χ2n) is 6.06. The smallest absolute Gasteiger partial charge is 0.242 e. The molecule has 2 aromatic rings. The molecule has 144 valence electrons. The Kier molecular flexibility index (Phi) is 8.31. The van der Waals surface area contributed by atoms with Crippen LogP contribution in [0.2, 0.25) is 0 Å². The molecular formula is C20H22BrFN2O2S. The largest absolute Gasteiger partial charge is 0.357 e. The van der Waals surface area contributed by atoms with Crippen LogP contribution in [0.4, 0.5) is 4.39 Å². The highest BCUT2D eigenvalue weighted by atomic mass is 79.9. The number of benzene rings is 2. The van der Waals surface area contributed by atoms with Crippen LogP contribution in [0.15, 0.2) is 53.0 Å². The van der Waals surface area contributed by atoms with Crippen molar-refractivity contribution in [1.29, 1.82) is 0 Å². The van der Waals surface area contributed by atoms with Gasteiger partial charge in [0.15, 0.2) is 0 Å². The first-order chi connectivity index (χ1) is 12.9. The summed E-state index contributed by atoms with van der Waals surface area (Å²) in [4.78, 5) is 26.4. The number of rotatable bonds is 8. The number of hydrogen-bond acceptors (Lipinski definition) is 3. The lowest BCUT2D eigenvalue weighted by Crippen LogP contribution is -2.47. The summed E-state index contributed by atoms with van der Waals surface area (Å²) in [6.07, 6.45) is 0. The lowest BCUT2D eigenvalue weighted by Gasteiger charge is -2.28. The molecule has 0 aliphatic heterocycles. The fraction of sp³-hybridized carbons (Fsp3) is 0.300. The quantitative estimate of drug-likeness (QED) is 0.658. The molecule has 2 amide bonds. The maximum atomic E-state index is 13.0. The molecule has 0 bridgehead atoms. The molecule has 7 heteroatoms. The molecule has 0 aromatic heterocycles. The molecule has 0 saturated carbocycles. The summed E-state index contributed by atoms with van der Waals surface area (Å²) < 4.78 is 13.9. The second kappa shape index (κ2) is 10.5. The van der Waals surface area contributed by atoms with Gasteiger partial charge in [0, 0.05) is 23.8 Å². The van der Waals surface area contributed by atoms with E-state index in [0.717, 1.165) is 15.6 Å². The van der Waals surface area contributed by atoms with Crippen molar-refractivity contribution in [1.82, 2.24) is 10.2 Å². The number of hydrogen-bond donors (Lipinski definition) is 1. The summed E-state index contributed by atoms with van der Waals surface area (Å²) in [5, 5.41) is 2.60. The molecule has 0 fully saturated rings. The van der Waals surface area contributed by atoms with E-state index in [4.69, 9.17) is 0 Å². The van der Waals surface area contributed by atoms with Gasteiger partial charge < -0.3 is 10.2 Å². The number of thioether (sulfide) groups is 1. The zero-order chi connectivity index (χ0) is 19.8. The van der Waals surface area contributed by atoms with Crippen LogP contribution in [0.1, 0.15) is 18.1 Å². The van der Waals surface area contributed by atoms with Crippen molar-refractivity contribution in [3.8, 4) is 0 Å². The van der Waals surface area contributed by atoms with Crippen LogP contribution in [0.5, 0.6) is 0 Å². The molecule has 2 rings (SSSR count). The first-order valence-corrected chi connectivity index (χ1v) is 10.4. The van der Waals surface area contributed by atoms with E-state index in [-0.39, 0.29) is 23.4 Å². The Morgan fingerprint density at radius 1 is 1.11 bits per heavy atom. The molecule has 1 atom stereocenters. The molecule has 0 heterocycles. The first-order valence-electron chi connectivity index (χ1n) is 8.48. The Bertz CT molecular complexity index is 769. The van der Waals surface area contributed by atoms with Crippen LogP contribution in [0, 0.1) is 5.82 Å². The molecule has 2 aromatic carbocycles. The minimum Gasteiger partial charge on any atom is -0.357 e. The van der Waals surface area contributed by atoms with Crippen LogP contribution < -0.4 is 5.32 Å². The van der Waals surface area contributed by atoms with Gasteiger partial charge in [0.25, 0.3) is 0 Å². The number of nitrogens with one attached hydrogen (secondary N) is 1. The molecule has 1 N–H and O–H groups in total. The third-order valence-corrected chi connectivity index (χ3v) is 5.60. The van der Waals surface area contributed by atoms with Gasteiger partial charge in [0.05, 0.1) is 5.75 Å². The van der Waals surface area contributed by atoms with Gasteiger partial charge in [-0.15, -0.1) is 11.8 Å². The van der Waals surface area contributed by atoms with Crippen molar-refractivity contribution in [3.05, 3.63) is 69.9 Å². The highest BCUT2D eigenvalue weighted by Gasteiger charge is 2.25.